The number of aliphatic imine (C=N–C) groups is 1. The van der Waals surface area contributed by atoms with Crippen molar-refractivity contribution in [3.8, 4) is 0 Å². The lowest BCUT2D eigenvalue weighted by Crippen LogP contribution is -2.52. The Kier molecular flexibility index (Phi) is 9.01. The van der Waals surface area contributed by atoms with Crippen LogP contribution in [0.1, 0.15) is 31.2 Å². The molecule has 2 heterocycles. The maximum absolute atomic E-state index is 12.4. The lowest BCUT2D eigenvalue weighted by atomic mass is 10.1. The van der Waals surface area contributed by atoms with E-state index in [2.05, 4.69) is 55.1 Å². The Hall–Kier alpha value is -1.81. The molecule has 1 saturated carbocycles. The van der Waals surface area contributed by atoms with E-state index in [1.165, 1.54) is 17.8 Å². The summed E-state index contributed by atoms with van der Waals surface area (Å²) in [4.78, 5) is 21.6. The highest BCUT2D eigenvalue weighted by molar-refractivity contribution is 14.0. The van der Waals surface area contributed by atoms with E-state index >= 15 is 0 Å². The molecule has 168 valence electrons. The third-order valence-corrected chi connectivity index (χ3v) is 6.91. The second-order valence-electron chi connectivity index (χ2n) is 8.00. The van der Waals surface area contributed by atoms with Crippen molar-refractivity contribution in [1.82, 2.24) is 10.2 Å². The average Bonchev–Trinajstić information content (AvgIpc) is 3.49. The van der Waals surface area contributed by atoms with Crippen molar-refractivity contribution in [2.24, 2.45) is 10.9 Å². The van der Waals surface area contributed by atoms with Crippen LogP contribution in [0.3, 0.4) is 0 Å². The number of anilines is 2. The molecule has 8 heteroatoms. The highest BCUT2D eigenvalue weighted by Gasteiger charge is 2.23. The number of halogens is 1. The molecule has 6 nitrogen and oxygen atoms in total. The van der Waals surface area contributed by atoms with E-state index in [0.29, 0.717) is 6.54 Å². The monoisotopic (exact) mass is 553 g/mol. The molecule has 2 aromatic rings. The number of hydrogen-bond donors (Lipinski definition) is 2. The number of nitrogens with zero attached hydrogens (tertiary/aromatic N) is 3. The summed E-state index contributed by atoms with van der Waals surface area (Å²) in [6.45, 7) is 4.60. The highest BCUT2D eigenvalue weighted by Crippen LogP contribution is 2.26. The molecule has 0 spiro atoms. The van der Waals surface area contributed by atoms with Crippen LogP contribution in [0, 0.1) is 5.92 Å². The van der Waals surface area contributed by atoms with Gasteiger partial charge in [-0.1, -0.05) is 25.0 Å². The van der Waals surface area contributed by atoms with Crippen LogP contribution < -0.4 is 15.5 Å². The zero-order valence-electron chi connectivity index (χ0n) is 18.0. The van der Waals surface area contributed by atoms with Gasteiger partial charge in [0, 0.05) is 51.4 Å². The minimum absolute atomic E-state index is 0. The van der Waals surface area contributed by atoms with Crippen molar-refractivity contribution in [3.05, 3.63) is 47.3 Å². The molecule has 1 aliphatic heterocycles. The highest BCUT2D eigenvalue weighted by atomic mass is 127. The van der Waals surface area contributed by atoms with Gasteiger partial charge in [-0.15, -0.1) is 35.3 Å². The largest absolute Gasteiger partial charge is 0.360 e. The van der Waals surface area contributed by atoms with Gasteiger partial charge in [0.25, 0.3) is 0 Å². The summed E-state index contributed by atoms with van der Waals surface area (Å²) < 4.78 is 0. The van der Waals surface area contributed by atoms with Crippen molar-refractivity contribution in [3.63, 3.8) is 0 Å². The number of nitrogens with one attached hydrogen (secondary N) is 2. The standard InChI is InChI=1S/C23H31N5OS.HI/c1-24-23(28-13-11-27(12-14-28)21-10-5-15-30-21)25-17-18-6-4-9-20(16-18)26-22(29)19-7-2-3-8-19;/h4-6,9-10,15-16,19H,2-3,7-8,11-14,17H2,1H3,(H,24,25)(H,26,29);1H. The number of thiophene rings is 1. The Morgan fingerprint density at radius 3 is 2.58 bits per heavy atom. The molecule has 0 bridgehead atoms. The van der Waals surface area contributed by atoms with Crippen LogP contribution in [0.2, 0.25) is 0 Å². The number of amides is 1. The van der Waals surface area contributed by atoms with Crippen molar-refractivity contribution >= 4 is 57.9 Å². The molecule has 0 radical (unpaired) electrons. The Labute approximate surface area is 206 Å². The van der Waals surface area contributed by atoms with Crippen LogP contribution in [0.15, 0.2) is 46.8 Å². The zero-order chi connectivity index (χ0) is 20.8. The van der Waals surface area contributed by atoms with Gasteiger partial charge in [0.2, 0.25) is 5.91 Å². The number of piperazine rings is 1. The predicted octanol–water partition coefficient (Wildman–Crippen LogP) is 4.39. The van der Waals surface area contributed by atoms with Gasteiger partial charge in [-0.3, -0.25) is 9.79 Å². The normalized spacial score (nSPS) is 17.4. The van der Waals surface area contributed by atoms with Crippen molar-refractivity contribution in [2.45, 2.75) is 32.2 Å². The molecule has 0 unspecified atom stereocenters. The second kappa shape index (κ2) is 11.7. The fourth-order valence-corrected chi connectivity index (χ4v) is 5.08. The van der Waals surface area contributed by atoms with Gasteiger partial charge in [0.1, 0.15) is 0 Å². The minimum Gasteiger partial charge on any atom is -0.360 e. The molecule has 31 heavy (non-hydrogen) atoms. The Balaban J connectivity index is 0.00000272. The fourth-order valence-electron chi connectivity index (χ4n) is 4.29. The molecule has 1 aromatic carbocycles. The molecule has 2 fully saturated rings. The molecule has 1 amide bonds. The summed E-state index contributed by atoms with van der Waals surface area (Å²) in [5.74, 6) is 1.27. The van der Waals surface area contributed by atoms with Gasteiger partial charge in [-0.05, 0) is 48.1 Å². The summed E-state index contributed by atoms with van der Waals surface area (Å²) >= 11 is 1.80. The number of rotatable bonds is 5. The summed E-state index contributed by atoms with van der Waals surface area (Å²) in [7, 11) is 1.84. The van der Waals surface area contributed by atoms with Gasteiger partial charge in [0.15, 0.2) is 5.96 Å². The van der Waals surface area contributed by atoms with Crippen LogP contribution in [-0.2, 0) is 11.3 Å². The zero-order valence-corrected chi connectivity index (χ0v) is 21.2. The maximum Gasteiger partial charge on any atom is 0.227 e. The van der Waals surface area contributed by atoms with E-state index in [-0.39, 0.29) is 35.8 Å². The third kappa shape index (κ3) is 6.35. The van der Waals surface area contributed by atoms with Crippen LogP contribution in [0.4, 0.5) is 10.7 Å². The van der Waals surface area contributed by atoms with E-state index in [0.717, 1.165) is 56.2 Å². The Bertz CT molecular complexity index is 859. The summed E-state index contributed by atoms with van der Waals surface area (Å²) in [5, 5.41) is 10.1. The number of carbonyl (C=O) groups is 1. The third-order valence-electron chi connectivity index (χ3n) is 5.98. The van der Waals surface area contributed by atoms with Crippen LogP contribution in [0.5, 0.6) is 0 Å². The number of carbonyl (C=O) groups excluding carboxylic acids is 1. The summed E-state index contributed by atoms with van der Waals surface area (Å²) in [6, 6.07) is 12.4. The quantitative estimate of drug-likeness (QED) is 0.328. The van der Waals surface area contributed by atoms with E-state index in [1.54, 1.807) is 11.3 Å². The van der Waals surface area contributed by atoms with E-state index in [9.17, 15) is 4.79 Å². The fraction of sp³-hybridized carbons (Fsp3) is 0.478. The average molecular weight is 554 g/mol. The molecule has 1 saturated heterocycles. The summed E-state index contributed by atoms with van der Waals surface area (Å²) in [6.07, 6.45) is 4.37. The second-order valence-corrected chi connectivity index (χ2v) is 8.92. The number of benzene rings is 1. The van der Waals surface area contributed by atoms with E-state index in [4.69, 9.17) is 0 Å². The lowest BCUT2D eigenvalue weighted by Gasteiger charge is -2.37. The van der Waals surface area contributed by atoms with Gasteiger partial charge in [-0.2, -0.15) is 0 Å². The predicted molar refractivity (Wildman–Crippen MR) is 141 cm³/mol. The van der Waals surface area contributed by atoms with Crippen LogP contribution in [0.25, 0.3) is 0 Å². The van der Waals surface area contributed by atoms with Crippen LogP contribution >= 0.6 is 35.3 Å². The SMILES string of the molecule is CN=C(NCc1cccc(NC(=O)C2CCCC2)c1)N1CCN(c2cccs2)CC1.I. The first-order valence-electron chi connectivity index (χ1n) is 10.9. The minimum atomic E-state index is 0. The molecule has 2 aliphatic rings. The van der Waals surface area contributed by atoms with Crippen molar-refractivity contribution < 1.29 is 4.79 Å². The van der Waals surface area contributed by atoms with E-state index in [1.807, 2.05) is 19.2 Å². The molecular weight excluding hydrogens is 521 g/mol. The topological polar surface area (TPSA) is 60.0 Å². The summed E-state index contributed by atoms with van der Waals surface area (Å²) in [5.41, 5.74) is 2.02. The van der Waals surface area contributed by atoms with Gasteiger partial charge < -0.3 is 20.4 Å². The van der Waals surface area contributed by atoms with Crippen LogP contribution in [-0.4, -0.2) is 50.0 Å². The molecule has 1 aromatic heterocycles. The lowest BCUT2D eigenvalue weighted by molar-refractivity contribution is -0.119. The molecule has 0 atom stereocenters. The van der Waals surface area contributed by atoms with Crippen molar-refractivity contribution in [1.29, 1.82) is 0 Å². The van der Waals surface area contributed by atoms with Gasteiger partial charge in [0.05, 0.1) is 5.00 Å². The van der Waals surface area contributed by atoms with Gasteiger partial charge in [-0.25, -0.2) is 0 Å². The molecular formula is C23H32IN5OS. The number of hydrogen-bond acceptors (Lipinski definition) is 4. The van der Waals surface area contributed by atoms with E-state index < -0.39 is 0 Å². The first-order chi connectivity index (χ1) is 14.7. The molecule has 4 rings (SSSR count). The Morgan fingerprint density at radius 1 is 1.13 bits per heavy atom. The maximum atomic E-state index is 12.4. The first kappa shape index (κ1) is 23.8. The Morgan fingerprint density at radius 2 is 1.90 bits per heavy atom. The van der Waals surface area contributed by atoms with Crippen molar-refractivity contribution in [2.75, 3.05) is 43.4 Å². The first-order valence-corrected chi connectivity index (χ1v) is 11.7. The van der Waals surface area contributed by atoms with Gasteiger partial charge >= 0.3 is 0 Å². The smallest absolute Gasteiger partial charge is 0.227 e. The molecule has 2 N–H and O–H groups in total. The molecule has 1 aliphatic carbocycles. The number of guanidine groups is 1.